The van der Waals surface area contributed by atoms with E-state index in [0.717, 1.165) is 32.7 Å². The van der Waals surface area contributed by atoms with Gasteiger partial charge in [-0.2, -0.15) is 5.10 Å². The van der Waals surface area contributed by atoms with Crippen molar-refractivity contribution in [2.24, 2.45) is 5.10 Å². The van der Waals surface area contributed by atoms with E-state index in [1.165, 1.54) is 18.3 Å². The van der Waals surface area contributed by atoms with Crippen LogP contribution in [0.15, 0.2) is 29.4 Å². The maximum Gasteiger partial charge on any atom is 0.254 e. The van der Waals surface area contributed by atoms with Crippen LogP contribution in [0.1, 0.15) is 12.5 Å². The molecule has 0 radical (unpaired) electrons. The summed E-state index contributed by atoms with van der Waals surface area (Å²) in [5.74, 6) is -0.466. The number of nitrogens with zero attached hydrogens (tertiary/aromatic N) is 3. The molecule has 2 rings (SSSR count). The summed E-state index contributed by atoms with van der Waals surface area (Å²) in [6.45, 7) is 7.33. The average molecular weight is 292 g/mol. The van der Waals surface area contributed by atoms with Gasteiger partial charge in [0.1, 0.15) is 5.82 Å². The number of hydrogen-bond donors (Lipinski definition) is 1. The van der Waals surface area contributed by atoms with Gasteiger partial charge in [-0.15, -0.1) is 0 Å². The normalized spacial score (nSPS) is 17.2. The van der Waals surface area contributed by atoms with Crippen LogP contribution in [0.3, 0.4) is 0 Å². The fourth-order valence-electron chi connectivity index (χ4n) is 2.27. The number of benzene rings is 1. The van der Waals surface area contributed by atoms with Crippen molar-refractivity contribution >= 4 is 12.1 Å². The van der Waals surface area contributed by atoms with Gasteiger partial charge in [-0.05, 0) is 24.2 Å². The SMILES string of the molecule is CCN1CCN(CC(=O)N/N=C\c2cccc(F)c2)CC1. The van der Waals surface area contributed by atoms with Crippen LogP contribution in [0.25, 0.3) is 0 Å². The van der Waals surface area contributed by atoms with Crippen LogP contribution in [0, 0.1) is 5.82 Å². The molecule has 1 saturated heterocycles. The largest absolute Gasteiger partial charge is 0.301 e. The summed E-state index contributed by atoms with van der Waals surface area (Å²) in [6, 6.07) is 6.06. The Bertz CT molecular complexity index is 498. The Balaban J connectivity index is 1.72. The minimum atomic E-state index is -0.320. The van der Waals surface area contributed by atoms with Gasteiger partial charge in [-0.3, -0.25) is 9.69 Å². The van der Waals surface area contributed by atoms with E-state index in [-0.39, 0.29) is 11.7 Å². The quantitative estimate of drug-likeness (QED) is 0.648. The third kappa shape index (κ3) is 5.24. The van der Waals surface area contributed by atoms with Crippen LogP contribution in [-0.4, -0.2) is 61.2 Å². The maximum absolute atomic E-state index is 13.0. The minimum absolute atomic E-state index is 0.146. The number of rotatable bonds is 5. The molecule has 1 aromatic rings. The fraction of sp³-hybridized carbons (Fsp3) is 0.467. The zero-order valence-corrected chi connectivity index (χ0v) is 12.3. The Morgan fingerprint density at radius 2 is 2.05 bits per heavy atom. The summed E-state index contributed by atoms with van der Waals surface area (Å²) in [5, 5.41) is 3.85. The Hall–Kier alpha value is -1.79. The van der Waals surface area contributed by atoms with Gasteiger partial charge in [-0.25, -0.2) is 9.82 Å². The van der Waals surface area contributed by atoms with E-state index in [9.17, 15) is 9.18 Å². The molecule has 1 aromatic carbocycles. The van der Waals surface area contributed by atoms with E-state index < -0.39 is 0 Å². The molecule has 0 aromatic heterocycles. The molecule has 0 bridgehead atoms. The maximum atomic E-state index is 13.0. The molecule has 6 heteroatoms. The Morgan fingerprint density at radius 1 is 1.33 bits per heavy atom. The first-order valence-electron chi connectivity index (χ1n) is 7.19. The van der Waals surface area contributed by atoms with Crippen LogP contribution in [-0.2, 0) is 4.79 Å². The monoisotopic (exact) mass is 292 g/mol. The van der Waals surface area contributed by atoms with Gasteiger partial charge >= 0.3 is 0 Å². The van der Waals surface area contributed by atoms with Crippen molar-refractivity contribution < 1.29 is 9.18 Å². The smallest absolute Gasteiger partial charge is 0.254 e. The molecule has 5 nitrogen and oxygen atoms in total. The summed E-state index contributed by atoms with van der Waals surface area (Å²) in [6.07, 6.45) is 1.44. The lowest BCUT2D eigenvalue weighted by atomic mass is 10.2. The predicted molar refractivity (Wildman–Crippen MR) is 80.7 cm³/mol. The number of hydrogen-bond acceptors (Lipinski definition) is 4. The molecule has 1 heterocycles. The Kier molecular flexibility index (Phi) is 5.83. The first-order valence-corrected chi connectivity index (χ1v) is 7.19. The molecule has 1 amide bonds. The van der Waals surface area contributed by atoms with Crippen LogP contribution in [0.4, 0.5) is 4.39 Å². The molecule has 1 N–H and O–H groups in total. The fourth-order valence-corrected chi connectivity index (χ4v) is 2.27. The highest BCUT2D eigenvalue weighted by Gasteiger charge is 2.17. The Labute approximate surface area is 124 Å². The van der Waals surface area contributed by atoms with Crippen molar-refractivity contribution in [1.82, 2.24) is 15.2 Å². The molecule has 0 saturated carbocycles. The lowest BCUT2D eigenvalue weighted by molar-refractivity contribution is -0.122. The van der Waals surface area contributed by atoms with Gasteiger partial charge in [0.15, 0.2) is 0 Å². The average Bonchev–Trinajstić information content (AvgIpc) is 2.48. The summed E-state index contributed by atoms with van der Waals surface area (Å²) in [4.78, 5) is 16.2. The van der Waals surface area contributed by atoms with Crippen molar-refractivity contribution in [3.8, 4) is 0 Å². The van der Waals surface area contributed by atoms with E-state index >= 15 is 0 Å². The highest BCUT2D eigenvalue weighted by Crippen LogP contribution is 2.01. The topological polar surface area (TPSA) is 47.9 Å². The second kappa shape index (κ2) is 7.85. The number of nitrogens with one attached hydrogen (secondary N) is 1. The molecule has 1 aliphatic heterocycles. The lowest BCUT2D eigenvalue weighted by Gasteiger charge is -2.33. The third-order valence-electron chi connectivity index (χ3n) is 3.53. The molecule has 21 heavy (non-hydrogen) atoms. The molecule has 1 fully saturated rings. The number of likely N-dealkylation sites (N-methyl/N-ethyl adjacent to an activating group) is 1. The van der Waals surface area contributed by atoms with Crippen LogP contribution in [0.5, 0.6) is 0 Å². The third-order valence-corrected chi connectivity index (χ3v) is 3.53. The molecule has 1 aliphatic rings. The predicted octanol–water partition coefficient (Wildman–Crippen LogP) is 0.913. The van der Waals surface area contributed by atoms with Crippen molar-refractivity contribution in [2.45, 2.75) is 6.92 Å². The van der Waals surface area contributed by atoms with E-state index in [4.69, 9.17) is 0 Å². The highest BCUT2D eigenvalue weighted by atomic mass is 19.1. The van der Waals surface area contributed by atoms with E-state index in [2.05, 4.69) is 27.3 Å². The van der Waals surface area contributed by atoms with Gasteiger partial charge in [0.25, 0.3) is 5.91 Å². The lowest BCUT2D eigenvalue weighted by Crippen LogP contribution is -2.48. The first-order chi connectivity index (χ1) is 10.2. The number of amides is 1. The molecular weight excluding hydrogens is 271 g/mol. The van der Waals surface area contributed by atoms with Crippen LogP contribution < -0.4 is 5.43 Å². The molecule has 0 unspecified atom stereocenters. The van der Waals surface area contributed by atoms with E-state index in [0.29, 0.717) is 12.1 Å². The van der Waals surface area contributed by atoms with Gasteiger partial charge in [0.2, 0.25) is 0 Å². The van der Waals surface area contributed by atoms with E-state index in [1.54, 1.807) is 12.1 Å². The molecule has 0 aliphatic carbocycles. The summed E-state index contributed by atoms with van der Waals surface area (Å²) >= 11 is 0. The molecule has 114 valence electrons. The van der Waals surface area contributed by atoms with E-state index in [1.807, 2.05) is 0 Å². The zero-order chi connectivity index (χ0) is 15.1. The minimum Gasteiger partial charge on any atom is -0.301 e. The standard InChI is InChI=1S/C15H21FN4O/c1-2-19-6-8-20(9-7-19)12-15(21)18-17-11-13-4-3-5-14(16)10-13/h3-5,10-11H,2,6-9,12H2,1H3,(H,18,21)/b17-11-. The molecular formula is C15H21FN4O. The van der Waals surface area contributed by atoms with Gasteiger partial charge in [-0.1, -0.05) is 19.1 Å². The van der Waals surface area contributed by atoms with Gasteiger partial charge < -0.3 is 4.90 Å². The van der Waals surface area contributed by atoms with Crippen molar-refractivity contribution in [2.75, 3.05) is 39.3 Å². The zero-order valence-electron chi connectivity index (χ0n) is 12.3. The number of halogens is 1. The molecule has 0 atom stereocenters. The number of carbonyl (C=O) groups is 1. The van der Waals surface area contributed by atoms with Crippen molar-refractivity contribution in [3.63, 3.8) is 0 Å². The van der Waals surface area contributed by atoms with Gasteiger partial charge in [0.05, 0.1) is 12.8 Å². The number of hydrazone groups is 1. The Morgan fingerprint density at radius 3 is 2.71 bits per heavy atom. The molecule has 0 spiro atoms. The first kappa shape index (κ1) is 15.6. The van der Waals surface area contributed by atoms with Gasteiger partial charge in [0, 0.05) is 26.2 Å². The van der Waals surface area contributed by atoms with Crippen molar-refractivity contribution in [3.05, 3.63) is 35.6 Å². The summed E-state index contributed by atoms with van der Waals surface area (Å²) < 4.78 is 13.0. The van der Waals surface area contributed by atoms with Crippen LogP contribution in [0.2, 0.25) is 0 Å². The summed E-state index contributed by atoms with van der Waals surface area (Å²) in [7, 11) is 0. The number of piperazine rings is 1. The second-order valence-corrected chi connectivity index (χ2v) is 5.06. The highest BCUT2D eigenvalue weighted by molar-refractivity contribution is 5.83. The van der Waals surface area contributed by atoms with Crippen LogP contribution >= 0.6 is 0 Å². The summed E-state index contributed by atoms with van der Waals surface area (Å²) in [5.41, 5.74) is 3.09. The number of carbonyl (C=O) groups excluding carboxylic acids is 1. The van der Waals surface area contributed by atoms with Crippen molar-refractivity contribution in [1.29, 1.82) is 0 Å². The second-order valence-electron chi connectivity index (χ2n) is 5.06.